The Labute approximate surface area is 141 Å². The number of carbonyl (C=O) groups excluding carboxylic acids is 2. The Bertz CT molecular complexity index is 547. The van der Waals surface area contributed by atoms with Gasteiger partial charge in [0.25, 0.3) is 0 Å². The molecule has 0 heterocycles. The van der Waals surface area contributed by atoms with Crippen LogP contribution in [0, 0.1) is 5.92 Å². The van der Waals surface area contributed by atoms with E-state index in [0.717, 1.165) is 12.8 Å². The van der Waals surface area contributed by atoms with Crippen molar-refractivity contribution in [3.63, 3.8) is 0 Å². The van der Waals surface area contributed by atoms with E-state index >= 15 is 0 Å². The fraction of sp³-hybridized carbons (Fsp3) is 0.500. The maximum Gasteiger partial charge on any atom is 0.224 e. The van der Waals surface area contributed by atoms with Gasteiger partial charge in [0.2, 0.25) is 11.8 Å². The molecule has 0 saturated carbocycles. The van der Waals surface area contributed by atoms with Crippen molar-refractivity contribution in [1.29, 1.82) is 0 Å². The lowest BCUT2D eigenvalue weighted by atomic mass is 10.1. The van der Waals surface area contributed by atoms with E-state index in [1.165, 1.54) is 0 Å². The molecule has 1 unspecified atom stereocenters. The topological polar surface area (TPSA) is 58.2 Å². The molecule has 6 heteroatoms. The van der Waals surface area contributed by atoms with Crippen LogP contribution >= 0.6 is 23.2 Å². The van der Waals surface area contributed by atoms with Crippen LogP contribution in [0.2, 0.25) is 10.0 Å². The summed E-state index contributed by atoms with van der Waals surface area (Å²) in [5.74, 6) is 0.0889. The van der Waals surface area contributed by atoms with E-state index in [1.807, 2.05) is 20.8 Å². The number of benzene rings is 1. The highest BCUT2D eigenvalue weighted by Gasteiger charge is 2.13. The lowest BCUT2D eigenvalue weighted by Gasteiger charge is -2.13. The van der Waals surface area contributed by atoms with Gasteiger partial charge in [-0.2, -0.15) is 0 Å². The molecule has 0 radical (unpaired) electrons. The van der Waals surface area contributed by atoms with Crippen LogP contribution < -0.4 is 10.6 Å². The molecule has 1 rings (SSSR count). The normalized spacial score (nSPS) is 11.9. The first-order chi connectivity index (χ1) is 10.4. The van der Waals surface area contributed by atoms with Gasteiger partial charge in [-0.15, -0.1) is 0 Å². The lowest BCUT2D eigenvalue weighted by Crippen LogP contribution is -2.15. The zero-order valence-corrected chi connectivity index (χ0v) is 14.6. The van der Waals surface area contributed by atoms with Gasteiger partial charge in [0.15, 0.2) is 0 Å². The molecule has 0 aliphatic heterocycles. The van der Waals surface area contributed by atoms with Gasteiger partial charge in [-0.3, -0.25) is 9.59 Å². The van der Waals surface area contributed by atoms with E-state index < -0.39 is 0 Å². The summed E-state index contributed by atoms with van der Waals surface area (Å²) in [6.07, 6.45) is 2.53. The fourth-order valence-electron chi connectivity index (χ4n) is 1.84. The summed E-state index contributed by atoms with van der Waals surface area (Å²) < 4.78 is 0. The zero-order valence-electron chi connectivity index (χ0n) is 13.1. The summed E-state index contributed by atoms with van der Waals surface area (Å²) in [6, 6.07) is 3.11. The highest BCUT2D eigenvalue weighted by molar-refractivity contribution is 6.38. The first-order valence-corrected chi connectivity index (χ1v) is 8.21. The number of rotatable bonds is 7. The summed E-state index contributed by atoms with van der Waals surface area (Å²) >= 11 is 12.3. The van der Waals surface area contributed by atoms with Crippen LogP contribution in [0.3, 0.4) is 0 Å². The molecular weight excluding hydrogens is 323 g/mol. The third kappa shape index (κ3) is 5.85. The molecule has 0 aliphatic carbocycles. The van der Waals surface area contributed by atoms with Gasteiger partial charge >= 0.3 is 0 Å². The van der Waals surface area contributed by atoms with Crippen molar-refractivity contribution in [1.82, 2.24) is 0 Å². The molecular formula is C16H22Cl2N2O2. The molecule has 1 aromatic carbocycles. The SMILES string of the molecule is CCCC(=O)Nc1cc(Cl)c(NC(=O)CC(C)CC)cc1Cl. The lowest BCUT2D eigenvalue weighted by molar-refractivity contribution is -0.117. The second kappa shape index (κ2) is 9.01. The second-order valence-electron chi connectivity index (χ2n) is 5.38. The summed E-state index contributed by atoms with van der Waals surface area (Å²) in [5.41, 5.74) is 0.901. The van der Waals surface area contributed by atoms with Gasteiger partial charge in [0.05, 0.1) is 21.4 Å². The van der Waals surface area contributed by atoms with E-state index in [1.54, 1.807) is 12.1 Å². The minimum atomic E-state index is -0.117. The van der Waals surface area contributed by atoms with Gasteiger partial charge in [0.1, 0.15) is 0 Å². The number of amides is 2. The smallest absolute Gasteiger partial charge is 0.224 e. The second-order valence-corrected chi connectivity index (χ2v) is 6.19. The minimum Gasteiger partial charge on any atom is -0.325 e. The molecule has 0 saturated heterocycles. The first-order valence-electron chi connectivity index (χ1n) is 7.46. The molecule has 0 spiro atoms. The van der Waals surface area contributed by atoms with E-state index in [4.69, 9.17) is 23.2 Å². The minimum absolute atomic E-state index is 0.102. The van der Waals surface area contributed by atoms with Crippen LogP contribution in [0.5, 0.6) is 0 Å². The zero-order chi connectivity index (χ0) is 16.7. The summed E-state index contributed by atoms with van der Waals surface area (Å²) in [6.45, 7) is 5.97. The third-order valence-corrected chi connectivity index (χ3v) is 3.94. The van der Waals surface area contributed by atoms with Gasteiger partial charge in [-0.1, -0.05) is 50.4 Å². The predicted molar refractivity (Wildman–Crippen MR) is 92.7 cm³/mol. The van der Waals surface area contributed by atoms with E-state index in [9.17, 15) is 9.59 Å². The average Bonchev–Trinajstić information content (AvgIpc) is 2.44. The number of hydrogen-bond donors (Lipinski definition) is 2. The molecule has 1 aromatic rings. The molecule has 1 atom stereocenters. The van der Waals surface area contributed by atoms with Crippen LogP contribution in [0.25, 0.3) is 0 Å². The quantitative estimate of drug-likeness (QED) is 0.722. The highest BCUT2D eigenvalue weighted by Crippen LogP contribution is 2.33. The first kappa shape index (κ1) is 18.8. The monoisotopic (exact) mass is 344 g/mol. The largest absolute Gasteiger partial charge is 0.325 e. The molecule has 122 valence electrons. The van der Waals surface area contributed by atoms with Crippen molar-refractivity contribution < 1.29 is 9.59 Å². The number of halogens is 2. The molecule has 0 aliphatic rings. The maximum absolute atomic E-state index is 11.9. The fourth-order valence-corrected chi connectivity index (χ4v) is 2.26. The average molecular weight is 345 g/mol. The van der Waals surface area contributed by atoms with Crippen LogP contribution in [0.4, 0.5) is 11.4 Å². The Morgan fingerprint density at radius 3 is 2.00 bits per heavy atom. The molecule has 2 N–H and O–H groups in total. The Kier molecular flexibility index (Phi) is 7.69. The Hall–Kier alpha value is -1.26. The van der Waals surface area contributed by atoms with Gasteiger partial charge < -0.3 is 10.6 Å². The Balaban J connectivity index is 2.81. The third-order valence-electron chi connectivity index (χ3n) is 3.31. The highest BCUT2D eigenvalue weighted by atomic mass is 35.5. The molecule has 22 heavy (non-hydrogen) atoms. The molecule has 0 bridgehead atoms. The predicted octanol–water partition coefficient (Wildman–Crippen LogP) is 5.11. The van der Waals surface area contributed by atoms with Crippen molar-refractivity contribution in [2.45, 2.75) is 46.5 Å². The van der Waals surface area contributed by atoms with Crippen molar-refractivity contribution in [3.05, 3.63) is 22.2 Å². The number of hydrogen-bond acceptors (Lipinski definition) is 2. The van der Waals surface area contributed by atoms with Gasteiger partial charge in [-0.05, 0) is 24.5 Å². The van der Waals surface area contributed by atoms with E-state index in [-0.39, 0.29) is 11.8 Å². The number of anilines is 2. The van der Waals surface area contributed by atoms with Crippen LogP contribution in [0.1, 0.15) is 46.5 Å². The van der Waals surface area contributed by atoms with Gasteiger partial charge in [0, 0.05) is 12.8 Å². The summed E-state index contributed by atoms with van der Waals surface area (Å²) in [7, 11) is 0. The van der Waals surface area contributed by atoms with E-state index in [2.05, 4.69) is 10.6 Å². The molecule has 0 fully saturated rings. The van der Waals surface area contributed by atoms with Crippen LogP contribution in [0.15, 0.2) is 12.1 Å². The maximum atomic E-state index is 11.9. The number of carbonyl (C=O) groups is 2. The van der Waals surface area contributed by atoms with Crippen molar-refractivity contribution in [3.8, 4) is 0 Å². The van der Waals surface area contributed by atoms with Gasteiger partial charge in [-0.25, -0.2) is 0 Å². The van der Waals surface area contributed by atoms with Crippen LogP contribution in [-0.2, 0) is 9.59 Å². The van der Waals surface area contributed by atoms with Crippen LogP contribution in [-0.4, -0.2) is 11.8 Å². The van der Waals surface area contributed by atoms with Crippen molar-refractivity contribution in [2.24, 2.45) is 5.92 Å². The standard InChI is InChI=1S/C16H22Cl2N2O2/c1-4-6-15(21)19-13-8-12(18)14(9-11(13)17)20-16(22)7-10(3)5-2/h8-10H,4-7H2,1-3H3,(H,19,21)(H,20,22). The molecule has 4 nitrogen and oxygen atoms in total. The Morgan fingerprint density at radius 1 is 1.05 bits per heavy atom. The summed E-state index contributed by atoms with van der Waals surface area (Å²) in [4.78, 5) is 23.5. The number of nitrogens with one attached hydrogen (secondary N) is 2. The summed E-state index contributed by atoms with van der Waals surface area (Å²) in [5, 5.41) is 6.14. The van der Waals surface area contributed by atoms with Crippen molar-refractivity contribution >= 4 is 46.4 Å². The molecule has 0 aromatic heterocycles. The molecule has 2 amide bonds. The van der Waals surface area contributed by atoms with E-state index in [0.29, 0.717) is 40.2 Å². The van der Waals surface area contributed by atoms with Crippen molar-refractivity contribution in [2.75, 3.05) is 10.6 Å². The Morgan fingerprint density at radius 2 is 1.55 bits per heavy atom.